The molecule has 9 rings (SSSR count). The van der Waals surface area contributed by atoms with Gasteiger partial charge in [0.2, 0.25) is 0 Å². The van der Waals surface area contributed by atoms with Gasteiger partial charge in [-0.25, -0.2) is 0 Å². The lowest BCUT2D eigenvalue weighted by atomic mass is 9.89. The van der Waals surface area contributed by atoms with E-state index in [9.17, 15) is 13.7 Å². The van der Waals surface area contributed by atoms with E-state index in [2.05, 4.69) is 0 Å². The summed E-state index contributed by atoms with van der Waals surface area (Å²) in [6, 6.07) is -19.2. The molecule has 0 saturated carbocycles. The highest BCUT2D eigenvalue weighted by molar-refractivity contribution is 6.19. The summed E-state index contributed by atoms with van der Waals surface area (Å²) >= 11 is 0. The molecule has 0 bridgehead atoms. The van der Waals surface area contributed by atoms with Crippen molar-refractivity contribution in [1.29, 1.82) is 0 Å². The molecule has 1 aromatic heterocycles. The van der Waals surface area contributed by atoms with Crippen LogP contribution in [0.2, 0.25) is 0 Å². The first kappa shape index (κ1) is 15.9. The second-order valence-electron chi connectivity index (χ2n) is 12.8. The van der Waals surface area contributed by atoms with Gasteiger partial charge in [-0.15, -0.1) is 0 Å². The summed E-state index contributed by atoms with van der Waals surface area (Å²) in [6.45, 7) is 9.37. The summed E-state index contributed by atoms with van der Waals surface area (Å²) in [6.07, 6.45) is 0. The summed E-state index contributed by atoms with van der Waals surface area (Å²) in [5, 5.41) is -1.94. The van der Waals surface area contributed by atoms with Gasteiger partial charge in [0.25, 0.3) is 0 Å². The molecule has 0 N–H and O–H groups in total. The molecule has 8 aromatic carbocycles. The highest BCUT2D eigenvalue weighted by Crippen LogP contribution is 2.45. The monoisotopic (exact) mass is 722 g/mol. The fourth-order valence-electron chi connectivity index (χ4n) is 6.31. The molecule has 0 atom stereocenters. The van der Waals surface area contributed by atoms with Crippen LogP contribution in [0.3, 0.4) is 0 Å². The average Bonchev–Trinajstić information content (AvgIpc) is 3.49. The largest absolute Gasteiger partial charge is 0.455 e. The molecule has 0 radical (unpaired) electrons. The molecule has 0 fully saturated rings. The third-order valence-electron chi connectivity index (χ3n) is 9.62. The minimum atomic E-state index is -1.03. The Bertz CT molecular complexity index is 4050. The third-order valence-corrected chi connectivity index (χ3v) is 9.62. The van der Waals surface area contributed by atoms with Crippen LogP contribution < -0.4 is 4.90 Å². The number of benzene rings is 8. The van der Waals surface area contributed by atoms with Crippen molar-refractivity contribution in [3.05, 3.63) is 184 Å². The van der Waals surface area contributed by atoms with Gasteiger partial charge in [0.15, 0.2) is 0 Å². The standard InChI is InChI=1S/C52H43NO/c1-32-16-19-40(20-17-32)48-31-49-46-27-25-42(30-51(46)54-52(49)47-15-11-10-14-45(47)48)53(41-23-21-39(22-24-41)38-12-8-7-9-13-38)50-29-28-44(36(5)37(50)6)43-26-18-33(2)34(3)35(43)4/h7-31H,1-6H3/i7D,8D,9D,10D,11D,12D,13D,14D,15D,16D,17D,18D,19D,20D,21D,22D,23D,24D,25D,26D,27D,28D,29D,30D,31D. The number of fused-ring (bicyclic) bond motifs is 5. The molecule has 9 aromatic rings. The van der Waals surface area contributed by atoms with Crippen molar-refractivity contribution in [1.82, 2.24) is 0 Å². The van der Waals surface area contributed by atoms with Gasteiger partial charge in [-0.3, -0.25) is 0 Å². The molecule has 0 amide bonds. The molecular weight excluding hydrogens is 655 g/mol. The van der Waals surface area contributed by atoms with E-state index in [0.717, 1.165) is 4.90 Å². The van der Waals surface area contributed by atoms with Crippen LogP contribution in [-0.2, 0) is 0 Å². The van der Waals surface area contributed by atoms with Crippen molar-refractivity contribution in [3.63, 3.8) is 0 Å². The molecule has 0 spiro atoms. The van der Waals surface area contributed by atoms with E-state index < -0.39 is 211 Å². The summed E-state index contributed by atoms with van der Waals surface area (Å²) in [7, 11) is 0. The Morgan fingerprint density at radius 2 is 1.04 bits per heavy atom. The maximum absolute atomic E-state index is 10.0. The van der Waals surface area contributed by atoms with Gasteiger partial charge in [0, 0.05) is 39.3 Å². The zero-order valence-corrected chi connectivity index (χ0v) is 29.9. The van der Waals surface area contributed by atoms with Crippen molar-refractivity contribution in [2.24, 2.45) is 0 Å². The van der Waals surface area contributed by atoms with Crippen LogP contribution >= 0.6 is 0 Å². The second kappa shape index (κ2) is 13.2. The van der Waals surface area contributed by atoms with Crippen LogP contribution in [0, 0.1) is 41.5 Å². The quantitative estimate of drug-likeness (QED) is 0.170. The third kappa shape index (κ3) is 5.58. The van der Waals surface area contributed by atoms with Crippen molar-refractivity contribution >= 4 is 49.8 Å². The Hall–Kier alpha value is -6.38. The molecule has 0 aliphatic rings. The second-order valence-corrected chi connectivity index (χ2v) is 12.8. The predicted molar refractivity (Wildman–Crippen MR) is 231 cm³/mol. The molecule has 0 aliphatic heterocycles. The zero-order chi connectivity index (χ0) is 58.8. The van der Waals surface area contributed by atoms with Gasteiger partial charge in [0.1, 0.15) is 11.2 Å². The molecule has 0 unspecified atom stereocenters. The first-order valence-corrected chi connectivity index (χ1v) is 16.8. The zero-order valence-electron chi connectivity index (χ0n) is 54.9. The van der Waals surface area contributed by atoms with E-state index in [1.807, 2.05) is 0 Å². The number of nitrogens with zero attached hydrogens (tertiary/aromatic N) is 1. The average molecular weight is 723 g/mol. The Morgan fingerprint density at radius 1 is 0.426 bits per heavy atom. The number of hydrogen-bond acceptors (Lipinski definition) is 2. The van der Waals surface area contributed by atoms with Gasteiger partial charge in [-0.1, -0.05) is 114 Å². The van der Waals surface area contributed by atoms with Crippen molar-refractivity contribution in [2.75, 3.05) is 4.90 Å². The molecule has 262 valence electrons. The lowest BCUT2D eigenvalue weighted by Gasteiger charge is -2.29. The van der Waals surface area contributed by atoms with E-state index in [0.29, 0.717) is 16.7 Å². The Labute approximate surface area is 353 Å². The van der Waals surface area contributed by atoms with Crippen LogP contribution in [0.5, 0.6) is 0 Å². The maximum atomic E-state index is 10.0. The topological polar surface area (TPSA) is 16.4 Å². The van der Waals surface area contributed by atoms with Gasteiger partial charge >= 0.3 is 0 Å². The Kier molecular flexibility index (Phi) is 3.90. The fraction of sp³-hybridized carbons (Fsp3) is 0.115. The van der Waals surface area contributed by atoms with E-state index in [1.165, 1.54) is 20.8 Å². The lowest BCUT2D eigenvalue weighted by molar-refractivity contribution is 0.673. The van der Waals surface area contributed by atoms with Crippen molar-refractivity contribution in [3.8, 4) is 33.4 Å². The van der Waals surface area contributed by atoms with Gasteiger partial charge in [0.05, 0.1) is 34.3 Å². The maximum Gasteiger partial charge on any atom is 0.143 e. The SMILES string of the molecule is [2H]c1c([2H])c([2H])c(-c2c([2H])c([2H])c(N(c3c([2H])c([2H])c(-c4c([2H])c([2H])c(C)c(C)c4C)c(C)c3C)c3c([2H])c([2H])c4c(oc5c6c([2H])c([2H])c([2H])c([2H])c6c(-c6c([2H])c([2H])c(C)c([2H])c6[2H])c([2H])c54)c3[2H])c([2H])c2[2H])c([2H])c1[2H]. The summed E-state index contributed by atoms with van der Waals surface area (Å²) in [4.78, 5) is 0.771. The van der Waals surface area contributed by atoms with Crippen LogP contribution in [0.15, 0.2) is 155 Å². The Balaban J connectivity index is 1.50. The molecule has 0 saturated heterocycles. The highest BCUT2D eigenvalue weighted by Gasteiger charge is 2.21. The van der Waals surface area contributed by atoms with Crippen LogP contribution in [0.25, 0.3) is 66.1 Å². The fourth-order valence-corrected chi connectivity index (χ4v) is 6.31. The molecule has 1 heterocycles. The number of rotatable bonds is 6. The smallest absolute Gasteiger partial charge is 0.143 e. The first-order chi connectivity index (χ1) is 36.7. The van der Waals surface area contributed by atoms with E-state index in [-0.39, 0.29) is 39.9 Å². The van der Waals surface area contributed by atoms with Crippen molar-refractivity contribution in [2.45, 2.75) is 41.5 Å². The minimum absolute atomic E-state index is 0.0260. The molecular formula is C52H43NO. The van der Waals surface area contributed by atoms with Gasteiger partial charge in [-0.05, 0) is 144 Å². The number of hydrogen-bond donors (Lipinski definition) is 0. The molecule has 0 aliphatic carbocycles. The first-order valence-electron chi connectivity index (χ1n) is 29.3. The lowest BCUT2D eigenvalue weighted by Crippen LogP contribution is -2.12. The van der Waals surface area contributed by atoms with Crippen LogP contribution in [0.1, 0.15) is 67.6 Å². The highest BCUT2D eigenvalue weighted by atomic mass is 16.3. The normalized spacial score (nSPS) is 18.0. The minimum Gasteiger partial charge on any atom is -0.455 e. The van der Waals surface area contributed by atoms with E-state index in [4.69, 9.17) is 25.0 Å². The number of furan rings is 1. The predicted octanol–water partition coefficient (Wildman–Crippen LogP) is 15.1. The van der Waals surface area contributed by atoms with E-state index in [1.54, 1.807) is 20.8 Å². The summed E-state index contributed by atoms with van der Waals surface area (Å²) < 4.78 is 234. The van der Waals surface area contributed by atoms with Crippen molar-refractivity contribution < 1.29 is 38.7 Å². The van der Waals surface area contributed by atoms with Gasteiger partial charge in [-0.2, -0.15) is 0 Å². The molecule has 2 heteroatoms. The van der Waals surface area contributed by atoms with Crippen LogP contribution in [0.4, 0.5) is 17.1 Å². The number of anilines is 3. The summed E-state index contributed by atoms with van der Waals surface area (Å²) in [5.74, 6) is 0. The summed E-state index contributed by atoms with van der Waals surface area (Å²) in [5.41, 5.74) is -3.94. The van der Waals surface area contributed by atoms with Crippen LogP contribution in [-0.4, -0.2) is 0 Å². The molecule has 2 nitrogen and oxygen atoms in total. The molecule has 54 heavy (non-hydrogen) atoms. The van der Waals surface area contributed by atoms with Gasteiger partial charge < -0.3 is 9.32 Å². The Morgan fingerprint density at radius 3 is 1.78 bits per heavy atom. The van der Waals surface area contributed by atoms with E-state index >= 15 is 0 Å².